The Balaban J connectivity index is 1.84. The molecule has 0 heterocycles. The van der Waals surface area contributed by atoms with Crippen molar-refractivity contribution in [3.63, 3.8) is 0 Å². The number of carboxylic acids is 1. The number of fused-ring (bicyclic) bond motifs is 1. The van der Waals surface area contributed by atoms with Crippen LogP contribution in [0.25, 0.3) is 0 Å². The van der Waals surface area contributed by atoms with Gasteiger partial charge in [0.25, 0.3) is 0 Å². The first-order chi connectivity index (χ1) is 16.5. The summed E-state index contributed by atoms with van der Waals surface area (Å²) in [5.74, 6) is 1.71. The second-order valence-electron chi connectivity index (χ2n) is 12.4. The molecule has 0 spiro atoms. The molecule has 1 aromatic carbocycles. The van der Waals surface area contributed by atoms with E-state index in [0.717, 1.165) is 24.4 Å². The molecular weight excluding hydrogens is 432 g/mol. The summed E-state index contributed by atoms with van der Waals surface area (Å²) in [6.45, 7) is 16.7. The van der Waals surface area contributed by atoms with Crippen molar-refractivity contribution in [1.29, 1.82) is 0 Å². The van der Waals surface area contributed by atoms with Crippen molar-refractivity contribution >= 4 is 5.97 Å². The Labute approximate surface area is 214 Å². The highest BCUT2D eigenvalue weighted by molar-refractivity contribution is 5.81. The fourth-order valence-electron chi connectivity index (χ4n) is 5.76. The molecule has 1 aromatic rings. The summed E-state index contributed by atoms with van der Waals surface area (Å²) >= 11 is 0. The second kappa shape index (κ2) is 11.4. The molecule has 194 valence electrons. The molecule has 3 nitrogen and oxygen atoms in total. The fourth-order valence-corrected chi connectivity index (χ4v) is 5.76. The Morgan fingerprint density at radius 2 is 1.71 bits per heavy atom. The maximum absolute atomic E-state index is 10.9. The summed E-state index contributed by atoms with van der Waals surface area (Å²) in [6.07, 6.45) is 15.2. The summed E-state index contributed by atoms with van der Waals surface area (Å²) in [5.41, 5.74) is 5.52. The van der Waals surface area contributed by atoms with Gasteiger partial charge in [-0.05, 0) is 89.5 Å². The first-order valence-corrected chi connectivity index (χ1v) is 13.9. The molecule has 0 amide bonds. The summed E-state index contributed by atoms with van der Waals surface area (Å²) in [4.78, 5) is 10.9. The van der Waals surface area contributed by atoms with E-state index in [-0.39, 0.29) is 10.8 Å². The fraction of sp³-hybridized carbons (Fsp3) is 0.656. The van der Waals surface area contributed by atoms with Crippen molar-refractivity contribution in [1.82, 2.24) is 0 Å². The molecular formula is C32H48O3. The summed E-state index contributed by atoms with van der Waals surface area (Å²) in [7, 11) is 0. The maximum atomic E-state index is 10.9. The first kappa shape index (κ1) is 27.6. The van der Waals surface area contributed by atoms with Gasteiger partial charge in [0.2, 0.25) is 0 Å². The van der Waals surface area contributed by atoms with E-state index < -0.39 is 5.97 Å². The van der Waals surface area contributed by atoms with Gasteiger partial charge >= 0.3 is 5.97 Å². The summed E-state index contributed by atoms with van der Waals surface area (Å²) in [6, 6.07) is 4.90. The van der Waals surface area contributed by atoms with Crippen LogP contribution in [-0.4, -0.2) is 17.7 Å². The quantitative estimate of drug-likeness (QED) is 0.185. The number of ether oxygens (including phenoxy) is 1. The van der Waals surface area contributed by atoms with Crippen molar-refractivity contribution < 1.29 is 14.6 Å². The molecule has 3 rings (SSSR count). The third-order valence-electron chi connectivity index (χ3n) is 8.42. The Hall–Kier alpha value is -2.03. The molecule has 0 saturated heterocycles. The predicted molar refractivity (Wildman–Crippen MR) is 147 cm³/mol. The van der Waals surface area contributed by atoms with Crippen LogP contribution < -0.4 is 4.74 Å². The third kappa shape index (κ3) is 7.02. The lowest BCUT2D eigenvalue weighted by Crippen LogP contribution is -2.34. The molecule has 2 aliphatic rings. The van der Waals surface area contributed by atoms with Crippen LogP contribution in [0.4, 0.5) is 0 Å². The van der Waals surface area contributed by atoms with Gasteiger partial charge in [-0.1, -0.05) is 85.4 Å². The van der Waals surface area contributed by atoms with Crippen molar-refractivity contribution in [3.05, 3.63) is 52.6 Å². The molecule has 0 aromatic heterocycles. The number of rotatable bonds is 12. The van der Waals surface area contributed by atoms with Crippen LogP contribution in [0.3, 0.4) is 0 Å². The smallest absolute Gasteiger partial charge is 0.328 e. The Bertz CT molecular complexity index is 950. The lowest BCUT2D eigenvalue weighted by molar-refractivity contribution is -0.131. The number of benzene rings is 1. The van der Waals surface area contributed by atoms with Crippen molar-refractivity contribution in [2.45, 2.75) is 117 Å². The van der Waals surface area contributed by atoms with Crippen LogP contribution in [0.2, 0.25) is 0 Å². The SMILES string of the molecule is CCCCCCCOc1cc2c(cc1C1CC1C(C)C=CC(C)=CC(=O)O)C(C)(C)CCC2(C)C. The van der Waals surface area contributed by atoms with Crippen LogP contribution in [0, 0.1) is 11.8 Å². The summed E-state index contributed by atoms with van der Waals surface area (Å²) < 4.78 is 6.52. The molecule has 1 N–H and O–H groups in total. The standard InChI is InChI=1S/C32H48O3/c1-8-9-10-11-12-17-35-29-21-28-27(31(4,5)15-16-32(28,6)7)20-26(29)25-19-24(25)23(3)14-13-22(2)18-30(33)34/h13-14,18,20-21,23-25H,8-12,15-17,19H2,1-7H3,(H,33,34). The highest BCUT2D eigenvalue weighted by atomic mass is 16.5. The number of aliphatic carboxylic acids is 1. The van der Waals surface area contributed by atoms with Gasteiger partial charge in [-0.3, -0.25) is 0 Å². The zero-order chi connectivity index (χ0) is 25.8. The number of carbonyl (C=O) groups is 1. The van der Waals surface area contributed by atoms with Gasteiger partial charge in [0.1, 0.15) is 5.75 Å². The van der Waals surface area contributed by atoms with E-state index in [1.807, 2.05) is 13.0 Å². The van der Waals surface area contributed by atoms with Crippen LogP contribution in [0.5, 0.6) is 5.75 Å². The van der Waals surface area contributed by atoms with E-state index in [9.17, 15) is 4.79 Å². The van der Waals surface area contributed by atoms with E-state index >= 15 is 0 Å². The van der Waals surface area contributed by atoms with E-state index in [4.69, 9.17) is 9.84 Å². The highest BCUT2D eigenvalue weighted by Crippen LogP contribution is 2.57. The zero-order valence-corrected chi connectivity index (χ0v) is 23.2. The molecule has 1 fully saturated rings. The molecule has 3 unspecified atom stereocenters. The molecule has 2 aliphatic carbocycles. The second-order valence-corrected chi connectivity index (χ2v) is 12.4. The monoisotopic (exact) mass is 480 g/mol. The van der Waals surface area contributed by atoms with Gasteiger partial charge in [0.15, 0.2) is 0 Å². The first-order valence-electron chi connectivity index (χ1n) is 13.9. The van der Waals surface area contributed by atoms with E-state index in [1.54, 1.807) is 0 Å². The van der Waals surface area contributed by atoms with E-state index in [0.29, 0.717) is 17.8 Å². The largest absolute Gasteiger partial charge is 0.493 e. The third-order valence-corrected chi connectivity index (χ3v) is 8.42. The number of hydrogen-bond donors (Lipinski definition) is 1. The van der Waals surface area contributed by atoms with Gasteiger partial charge < -0.3 is 9.84 Å². The molecule has 0 aliphatic heterocycles. The molecule has 3 heteroatoms. The Morgan fingerprint density at radius 1 is 1.09 bits per heavy atom. The Kier molecular flexibility index (Phi) is 8.94. The van der Waals surface area contributed by atoms with Crippen LogP contribution in [0.15, 0.2) is 35.9 Å². The van der Waals surface area contributed by atoms with Gasteiger partial charge in [0.05, 0.1) is 6.61 Å². The average Bonchev–Trinajstić information content (AvgIpc) is 3.58. The normalized spacial score (nSPS) is 23.7. The van der Waals surface area contributed by atoms with E-state index in [2.05, 4.69) is 59.8 Å². The minimum atomic E-state index is -0.889. The maximum Gasteiger partial charge on any atom is 0.328 e. The van der Waals surface area contributed by atoms with Gasteiger partial charge in [-0.2, -0.15) is 0 Å². The Morgan fingerprint density at radius 3 is 2.34 bits per heavy atom. The number of hydrogen-bond acceptors (Lipinski definition) is 2. The average molecular weight is 481 g/mol. The molecule has 3 atom stereocenters. The minimum Gasteiger partial charge on any atom is -0.493 e. The van der Waals surface area contributed by atoms with Crippen LogP contribution in [-0.2, 0) is 15.6 Å². The van der Waals surface area contributed by atoms with Crippen molar-refractivity contribution in [2.24, 2.45) is 11.8 Å². The minimum absolute atomic E-state index is 0.176. The number of carboxylic acid groups (broad SMARTS) is 1. The van der Waals surface area contributed by atoms with Gasteiger partial charge in [-0.15, -0.1) is 0 Å². The highest BCUT2D eigenvalue weighted by Gasteiger charge is 2.45. The lowest BCUT2D eigenvalue weighted by atomic mass is 9.62. The van der Waals surface area contributed by atoms with E-state index in [1.165, 1.54) is 67.7 Å². The predicted octanol–water partition coefficient (Wildman–Crippen LogP) is 8.71. The molecule has 1 saturated carbocycles. The lowest BCUT2D eigenvalue weighted by Gasteiger charge is -2.42. The van der Waals surface area contributed by atoms with Gasteiger partial charge in [0, 0.05) is 6.08 Å². The van der Waals surface area contributed by atoms with Crippen LogP contribution >= 0.6 is 0 Å². The van der Waals surface area contributed by atoms with Gasteiger partial charge in [-0.25, -0.2) is 4.79 Å². The van der Waals surface area contributed by atoms with Crippen molar-refractivity contribution in [2.75, 3.05) is 6.61 Å². The molecule has 0 bridgehead atoms. The zero-order valence-electron chi connectivity index (χ0n) is 23.2. The molecule has 35 heavy (non-hydrogen) atoms. The summed E-state index contributed by atoms with van der Waals surface area (Å²) in [5, 5.41) is 8.97. The number of unbranched alkanes of at least 4 members (excludes halogenated alkanes) is 4. The van der Waals surface area contributed by atoms with Crippen LogP contribution in [0.1, 0.15) is 122 Å². The topological polar surface area (TPSA) is 46.5 Å². The van der Waals surface area contributed by atoms with Crippen molar-refractivity contribution in [3.8, 4) is 5.75 Å². The number of allylic oxidation sites excluding steroid dienone is 3. The molecule has 0 radical (unpaired) electrons.